The van der Waals surface area contributed by atoms with Gasteiger partial charge in [0.05, 0.1) is 19.5 Å². The van der Waals surface area contributed by atoms with E-state index in [-0.39, 0.29) is 5.91 Å². The van der Waals surface area contributed by atoms with E-state index in [1.165, 1.54) is 0 Å². The Morgan fingerprint density at radius 2 is 2.00 bits per heavy atom. The summed E-state index contributed by atoms with van der Waals surface area (Å²) in [5, 5.41) is 3.82. The van der Waals surface area contributed by atoms with Crippen molar-refractivity contribution < 1.29 is 18.7 Å². The maximum atomic E-state index is 12.3. The lowest BCUT2D eigenvalue weighted by Crippen LogP contribution is -2.25. The molecular formula is C24H27NO4. The number of rotatable bonds is 8. The van der Waals surface area contributed by atoms with E-state index in [4.69, 9.17) is 13.9 Å². The summed E-state index contributed by atoms with van der Waals surface area (Å²) in [6.45, 7) is 7.32. The highest BCUT2D eigenvalue weighted by Crippen LogP contribution is 2.40. The van der Waals surface area contributed by atoms with Gasteiger partial charge in [-0.1, -0.05) is 30.3 Å². The molecule has 0 aliphatic carbocycles. The second-order valence-electron chi connectivity index (χ2n) is 6.81. The molecule has 3 rings (SSSR count). The molecule has 1 aromatic heterocycles. The van der Waals surface area contributed by atoms with Gasteiger partial charge < -0.3 is 19.2 Å². The average Bonchev–Trinajstić information content (AvgIpc) is 3.15. The van der Waals surface area contributed by atoms with Crippen LogP contribution in [0.1, 0.15) is 25.0 Å². The Kier molecular flexibility index (Phi) is 6.73. The van der Waals surface area contributed by atoms with Crippen molar-refractivity contribution in [3.05, 3.63) is 59.9 Å². The number of hydrogen-bond donors (Lipinski definition) is 1. The molecule has 0 bridgehead atoms. The van der Waals surface area contributed by atoms with Crippen LogP contribution >= 0.6 is 0 Å². The van der Waals surface area contributed by atoms with Gasteiger partial charge in [-0.25, -0.2) is 0 Å². The molecule has 0 radical (unpaired) electrons. The van der Waals surface area contributed by atoms with Gasteiger partial charge in [0.1, 0.15) is 11.3 Å². The van der Waals surface area contributed by atoms with Gasteiger partial charge in [0, 0.05) is 41.8 Å². The Balaban J connectivity index is 2.09. The van der Waals surface area contributed by atoms with E-state index in [0.29, 0.717) is 19.8 Å². The third-order valence-electron chi connectivity index (χ3n) is 4.80. The fourth-order valence-corrected chi connectivity index (χ4v) is 3.38. The van der Waals surface area contributed by atoms with Crippen molar-refractivity contribution in [3.63, 3.8) is 0 Å². The van der Waals surface area contributed by atoms with E-state index in [1.54, 1.807) is 19.4 Å². The molecule has 0 spiro atoms. The Labute approximate surface area is 171 Å². The largest absolute Gasteiger partial charge is 0.493 e. The molecule has 0 aliphatic heterocycles. The first-order chi connectivity index (χ1) is 14.1. The van der Waals surface area contributed by atoms with Crippen molar-refractivity contribution >= 4 is 22.4 Å². The molecular weight excluding hydrogens is 366 g/mol. The number of fused-ring (bicyclic) bond motifs is 1. The molecule has 3 aromatic rings. The van der Waals surface area contributed by atoms with Crippen LogP contribution in [0.2, 0.25) is 0 Å². The van der Waals surface area contributed by atoms with E-state index in [1.807, 2.05) is 45.0 Å². The number of nitrogens with one attached hydrogen (secondary N) is 1. The van der Waals surface area contributed by atoms with Crippen molar-refractivity contribution in [2.45, 2.75) is 20.8 Å². The van der Waals surface area contributed by atoms with Crippen LogP contribution < -0.4 is 10.1 Å². The summed E-state index contributed by atoms with van der Waals surface area (Å²) in [4.78, 5) is 12.3. The highest BCUT2D eigenvalue weighted by molar-refractivity contribution is 6.01. The van der Waals surface area contributed by atoms with Gasteiger partial charge in [-0.05, 0) is 38.0 Å². The van der Waals surface area contributed by atoms with Crippen molar-refractivity contribution in [2.24, 2.45) is 0 Å². The molecule has 5 nitrogen and oxygen atoms in total. The number of carbonyl (C=O) groups is 1. The molecule has 1 heterocycles. The number of hydrogen-bond acceptors (Lipinski definition) is 4. The van der Waals surface area contributed by atoms with Crippen LogP contribution in [0.25, 0.3) is 27.7 Å². The van der Waals surface area contributed by atoms with E-state index < -0.39 is 0 Å². The van der Waals surface area contributed by atoms with Gasteiger partial charge in [-0.2, -0.15) is 0 Å². The van der Waals surface area contributed by atoms with Gasteiger partial charge in [-0.15, -0.1) is 0 Å². The fraction of sp³-hybridized carbons (Fsp3) is 0.292. The van der Waals surface area contributed by atoms with E-state index >= 15 is 0 Å². The SMILES string of the molecule is CCOc1c(/C(C)=C/C(=O)NCCOC)cc2c(-c3ccccc3)coc2c1C. The summed E-state index contributed by atoms with van der Waals surface area (Å²) in [6.07, 6.45) is 3.38. The third kappa shape index (κ3) is 4.51. The van der Waals surface area contributed by atoms with Crippen molar-refractivity contribution in [1.29, 1.82) is 0 Å². The third-order valence-corrected chi connectivity index (χ3v) is 4.80. The highest BCUT2D eigenvalue weighted by atomic mass is 16.5. The zero-order valence-electron chi connectivity index (χ0n) is 17.4. The molecule has 5 heteroatoms. The standard InChI is InChI=1S/C24H27NO4/c1-5-28-23-17(3)24-20(21(15-29-24)18-9-7-6-8-10-18)14-19(23)16(2)13-22(26)25-11-12-27-4/h6-10,13-15H,5,11-12H2,1-4H3,(H,25,26)/b16-13+. The highest BCUT2D eigenvalue weighted by Gasteiger charge is 2.19. The minimum absolute atomic E-state index is 0.157. The van der Waals surface area contributed by atoms with Crippen LogP contribution in [-0.4, -0.2) is 32.8 Å². The summed E-state index contributed by atoms with van der Waals surface area (Å²) in [6, 6.07) is 12.2. The molecule has 29 heavy (non-hydrogen) atoms. The Morgan fingerprint density at radius 3 is 2.69 bits per heavy atom. The van der Waals surface area contributed by atoms with Gasteiger partial charge in [-0.3, -0.25) is 4.79 Å². The van der Waals surface area contributed by atoms with Crippen molar-refractivity contribution in [2.75, 3.05) is 26.9 Å². The normalized spacial score (nSPS) is 11.7. The number of allylic oxidation sites excluding steroid dienone is 1. The second kappa shape index (κ2) is 9.43. The number of ether oxygens (including phenoxy) is 2. The first-order valence-electron chi connectivity index (χ1n) is 9.75. The smallest absolute Gasteiger partial charge is 0.244 e. The summed E-state index contributed by atoms with van der Waals surface area (Å²) in [7, 11) is 1.61. The molecule has 0 fully saturated rings. The average molecular weight is 393 g/mol. The first-order valence-corrected chi connectivity index (χ1v) is 9.75. The number of furan rings is 1. The van der Waals surface area contributed by atoms with Gasteiger partial charge in [0.15, 0.2) is 0 Å². The van der Waals surface area contributed by atoms with Crippen LogP contribution in [0, 0.1) is 6.92 Å². The summed E-state index contributed by atoms with van der Waals surface area (Å²) >= 11 is 0. The lowest BCUT2D eigenvalue weighted by atomic mass is 9.96. The summed E-state index contributed by atoms with van der Waals surface area (Å²) in [5.41, 5.74) is 5.54. The minimum Gasteiger partial charge on any atom is -0.493 e. The molecule has 2 aromatic carbocycles. The predicted molar refractivity (Wildman–Crippen MR) is 116 cm³/mol. The minimum atomic E-state index is -0.157. The van der Waals surface area contributed by atoms with E-state index in [2.05, 4.69) is 17.4 Å². The van der Waals surface area contributed by atoms with E-state index in [0.717, 1.165) is 44.5 Å². The lowest BCUT2D eigenvalue weighted by molar-refractivity contribution is -0.116. The molecule has 0 atom stereocenters. The molecule has 152 valence electrons. The monoisotopic (exact) mass is 393 g/mol. The topological polar surface area (TPSA) is 60.7 Å². The second-order valence-corrected chi connectivity index (χ2v) is 6.81. The van der Waals surface area contributed by atoms with Gasteiger partial charge in [0.2, 0.25) is 5.91 Å². The van der Waals surface area contributed by atoms with E-state index in [9.17, 15) is 4.79 Å². The maximum absolute atomic E-state index is 12.3. The number of methoxy groups -OCH3 is 1. The number of aryl methyl sites for hydroxylation is 1. The first kappa shape index (κ1) is 20.7. The number of benzene rings is 2. The molecule has 0 saturated carbocycles. The van der Waals surface area contributed by atoms with Crippen LogP contribution in [0.15, 0.2) is 53.2 Å². The zero-order chi connectivity index (χ0) is 20.8. The molecule has 0 unspecified atom stereocenters. The molecule has 1 amide bonds. The van der Waals surface area contributed by atoms with Gasteiger partial charge >= 0.3 is 0 Å². The van der Waals surface area contributed by atoms with Crippen LogP contribution in [-0.2, 0) is 9.53 Å². The quantitative estimate of drug-likeness (QED) is 0.433. The van der Waals surface area contributed by atoms with Crippen molar-refractivity contribution in [3.8, 4) is 16.9 Å². The van der Waals surface area contributed by atoms with Crippen molar-refractivity contribution in [1.82, 2.24) is 5.32 Å². The van der Waals surface area contributed by atoms with Crippen LogP contribution in [0.5, 0.6) is 5.75 Å². The number of carbonyl (C=O) groups excluding carboxylic acids is 1. The maximum Gasteiger partial charge on any atom is 0.244 e. The lowest BCUT2D eigenvalue weighted by Gasteiger charge is -2.15. The fourth-order valence-electron chi connectivity index (χ4n) is 3.38. The Bertz CT molecular complexity index is 1020. The molecule has 0 saturated heterocycles. The Hall–Kier alpha value is -3.05. The molecule has 1 N–H and O–H groups in total. The predicted octanol–water partition coefficient (Wildman–Crippen LogP) is 4.97. The summed E-state index contributed by atoms with van der Waals surface area (Å²) < 4.78 is 16.8. The van der Waals surface area contributed by atoms with Crippen LogP contribution in [0.3, 0.4) is 0 Å². The Morgan fingerprint density at radius 1 is 1.24 bits per heavy atom. The number of amides is 1. The van der Waals surface area contributed by atoms with Gasteiger partial charge in [0.25, 0.3) is 0 Å². The van der Waals surface area contributed by atoms with Crippen LogP contribution in [0.4, 0.5) is 0 Å². The molecule has 0 aliphatic rings. The zero-order valence-corrected chi connectivity index (χ0v) is 17.4. The summed E-state index contributed by atoms with van der Waals surface area (Å²) in [5.74, 6) is 0.586.